The largest absolute Gasteiger partial charge is 0.378 e. The molecule has 2 N–H and O–H groups in total. The second kappa shape index (κ2) is 9.18. The summed E-state index contributed by atoms with van der Waals surface area (Å²) < 4.78 is 37.7. The number of carbonyl (C=O) groups is 1. The van der Waals surface area contributed by atoms with E-state index in [0.717, 1.165) is 22.3 Å². The average molecular weight is 466 g/mol. The van der Waals surface area contributed by atoms with Gasteiger partial charge in [-0.25, -0.2) is 5.26 Å². The van der Waals surface area contributed by atoms with Crippen LogP contribution in [-0.4, -0.2) is 43.9 Å². The molecule has 0 fully saturated rings. The lowest BCUT2D eigenvalue weighted by Gasteiger charge is -2.15. The Morgan fingerprint density at radius 3 is 2.42 bits per heavy atom. The van der Waals surface area contributed by atoms with Crippen LogP contribution in [0.5, 0.6) is 0 Å². The fourth-order valence-electron chi connectivity index (χ4n) is 2.87. The van der Waals surface area contributed by atoms with Crippen molar-refractivity contribution in [2.24, 2.45) is 5.10 Å². The predicted octanol–water partition coefficient (Wildman–Crippen LogP) is 3.23. The van der Waals surface area contributed by atoms with Crippen molar-refractivity contribution in [1.29, 1.82) is 0 Å². The Balaban J connectivity index is 1.97. The van der Waals surface area contributed by atoms with Gasteiger partial charge in [0, 0.05) is 24.7 Å². The van der Waals surface area contributed by atoms with Gasteiger partial charge < -0.3 is 4.90 Å². The molecule has 2 aromatic carbocycles. The monoisotopic (exact) mass is 465 g/mol. The van der Waals surface area contributed by atoms with E-state index in [4.69, 9.17) is 5.26 Å². The van der Waals surface area contributed by atoms with Gasteiger partial charge in [-0.3, -0.25) is 9.35 Å². The minimum atomic E-state index is -4.71. The molecule has 0 atom stereocenters. The molecule has 0 bridgehead atoms. The molecular formula is C19H19N3O7S2. The van der Waals surface area contributed by atoms with Crippen molar-refractivity contribution >= 4 is 51.2 Å². The van der Waals surface area contributed by atoms with E-state index in [9.17, 15) is 17.8 Å². The molecule has 2 aromatic rings. The van der Waals surface area contributed by atoms with Gasteiger partial charge in [0.2, 0.25) is 0 Å². The van der Waals surface area contributed by atoms with E-state index in [1.807, 2.05) is 43.3 Å². The van der Waals surface area contributed by atoms with Crippen LogP contribution in [0.4, 0.5) is 11.4 Å². The number of nitrogens with zero attached hydrogens (tertiary/aromatic N) is 3. The number of amides is 1. The molecule has 3 rings (SSSR count). The highest BCUT2D eigenvalue weighted by Gasteiger charge is 2.32. The Morgan fingerprint density at radius 1 is 1.16 bits per heavy atom. The molecule has 0 aliphatic carbocycles. The van der Waals surface area contributed by atoms with Gasteiger partial charge in [0.05, 0.1) is 29.0 Å². The minimum absolute atomic E-state index is 0.132. The maximum Gasteiger partial charge on any atom is 0.296 e. The van der Waals surface area contributed by atoms with Crippen LogP contribution in [0.3, 0.4) is 0 Å². The molecule has 1 amide bonds. The van der Waals surface area contributed by atoms with E-state index >= 15 is 0 Å². The third kappa shape index (κ3) is 5.12. The first-order valence-electron chi connectivity index (χ1n) is 8.77. The van der Waals surface area contributed by atoms with Gasteiger partial charge in [0.25, 0.3) is 16.0 Å². The van der Waals surface area contributed by atoms with Crippen molar-refractivity contribution in [3.05, 3.63) is 53.6 Å². The van der Waals surface area contributed by atoms with Crippen molar-refractivity contribution in [1.82, 2.24) is 0 Å². The van der Waals surface area contributed by atoms with Gasteiger partial charge in [0.1, 0.15) is 4.90 Å². The topological polar surface area (TPSA) is 129 Å². The van der Waals surface area contributed by atoms with E-state index in [1.54, 1.807) is 13.0 Å². The third-order valence-corrected chi connectivity index (χ3v) is 5.84. The van der Waals surface area contributed by atoms with Crippen LogP contribution < -0.4 is 9.91 Å². The van der Waals surface area contributed by atoms with Gasteiger partial charge >= 0.3 is 0 Å². The SMILES string of the molecule is CC1=NN(c2ccc(SOOO)cc2S(=O)(=O)O)C(=O)C1=Cc1ccc(N(C)C)cc1. The first-order valence-corrected chi connectivity index (χ1v) is 11.0. The van der Waals surface area contributed by atoms with Crippen LogP contribution in [0.1, 0.15) is 12.5 Å². The van der Waals surface area contributed by atoms with Crippen molar-refractivity contribution in [2.75, 3.05) is 24.0 Å². The highest BCUT2D eigenvalue weighted by molar-refractivity contribution is 7.94. The van der Waals surface area contributed by atoms with Gasteiger partial charge in [0.15, 0.2) is 0 Å². The highest BCUT2D eigenvalue weighted by atomic mass is 32.2. The molecule has 1 heterocycles. The minimum Gasteiger partial charge on any atom is -0.378 e. The van der Waals surface area contributed by atoms with Gasteiger partial charge in [-0.2, -0.15) is 18.5 Å². The summed E-state index contributed by atoms with van der Waals surface area (Å²) in [6, 6.07) is 11.3. The molecule has 12 heteroatoms. The molecule has 0 saturated carbocycles. The third-order valence-electron chi connectivity index (χ3n) is 4.38. The van der Waals surface area contributed by atoms with Crippen molar-refractivity contribution in [3.8, 4) is 0 Å². The Kier molecular flexibility index (Phi) is 6.79. The number of benzene rings is 2. The smallest absolute Gasteiger partial charge is 0.296 e. The second-order valence-electron chi connectivity index (χ2n) is 6.68. The zero-order chi connectivity index (χ0) is 22.8. The summed E-state index contributed by atoms with van der Waals surface area (Å²) in [4.78, 5) is 14.6. The summed E-state index contributed by atoms with van der Waals surface area (Å²) in [7, 11) is -0.870. The second-order valence-corrected chi connectivity index (χ2v) is 8.84. The first kappa shape index (κ1) is 22.9. The number of hydrazone groups is 1. The molecular weight excluding hydrogens is 446 g/mol. The summed E-state index contributed by atoms with van der Waals surface area (Å²) in [5, 5.41) is 16.8. The zero-order valence-corrected chi connectivity index (χ0v) is 18.3. The van der Waals surface area contributed by atoms with Crippen LogP contribution in [0.2, 0.25) is 0 Å². The Hall–Kier alpha value is -2.74. The van der Waals surface area contributed by atoms with Crippen molar-refractivity contribution in [2.45, 2.75) is 16.7 Å². The number of hydrogen-bond donors (Lipinski definition) is 2. The van der Waals surface area contributed by atoms with Crippen LogP contribution in [0.15, 0.2) is 62.9 Å². The molecule has 0 unspecified atom stereocenters. The zero-order valence-electron chi connectivity index (χ0n) is 16.7. The van der Waals surface area contributed by atoms with E-state index in [0.29, 0.717) is 17.8 Å². The van der Waals surface area contributed by atoms with Crippen LogP contribution in [0.25, 0.3) is 6.08 Å². The normalized spacial score (nSPS) is 15.5. The molecule has 1 aliphatic rings. The van der Waals surface area contributed by atoms with E-state index in [-0.39, 0.29) is 16.2 Å². The van der Waals surface area contributed by atoms with E-state index < -0.39 is 20.9 Å². The summed E-state index contributed by atoms with van der Waals surface area (Å²) in [6.07, 6.45) is 1.66. The van der Waals surface area contributed by atoms with Crippen molar-refractivity contribution < 1.29 is 32.4 Å². The summed E-state index contributed by atoms with van der Waals surface area (Å²) in [5.41, 5.74) is 2.31. The Labute approximate surface area is 183 Å². The lowest BCUT2D eigenvalue weighted by atomic mass is 10.1. The lowest BCUT2D eigenvalue weighted by Crippen LogP contribution is -2.23. The molecule has 0 spiro atoms. The van der Waals surface area contributed by atoms with Crippen LogP contribution >= 0.6 is 12.0 Å². The van der Waals surface area contributed by atoms with E-state index in [2.05, 4.69) is 14.5 Å². The Morgan fingerprint density at radius 2 is 1.84 bits per heavy atom. The Bertz CT molecular complexity index is 1160. The number of hydrogen-bond acceptors (Lipinski definition) is 9. The number of carbonyl (C=O) groups excluding carboxylic acids is 1. The fourth-order valence-corrected chi connectivity index (χ4v) is 4.03. The average Bonchev–Trinajstić information content (AvgIpc) is 3.00. The highest BCUT2D eigenvalue weighted by Crippen LogP contribution is 2.34. The van der Waals surface area contributed by atoms with Crippen molar-refractivity contribution in [3.63, 3.8) is 0 Å². The number of rotatable bonds is 7. The van der Waals surface area contributed by atoms with Crippen LogP contribution in [-0.2, 0) is 24.3 Å². The molecule has 0 aromatic heterocycles. The van der Waals surface area contributed by atoms with Gasteiger partial charge in [-0.1, -0.05) is 17.2 Å². The fraction of sp³-hybridized carbons (Fsp3) is 0.158. The number of anilines is 2. The standard InChI is InChI=1S/C19H19N3O7S2/c1-12-16(10-13-4-6-14(7-5-13)21(2)3)19(23)22(20-12)17-9-8-15(30-29-28-24)11-18(17)31(25,26)27/h4-11,24H,1-3H3,(H,25,26,27). The molecule has 0 saturated heterocycles. The summed E-state index contributed by atoms with van der Waals surface area (Å²) >= 11 is 0.507. The van der Waals surface area contributed by atoms with Crippen LogP contribution in [0, 0.1) is 0 Å². The molecule has 10 nitrogen and oxygen atoms in total. The van der Waals surface area contributed by atoms with Gasteiger partial charge in [-0.05, 0) is 48.9 Å². The quantitative estimate of drug-likeness (QED) is 0.208. The van der Waals surface area contributed by atoms with Gasteiger partial charge in [-0.15, -0.1) is 4.33 Å². The summed E-state index contributed by atoms with van der Waals surface area (Å²) in [6.45, 7) is 1.63. The lowest BCUT2D eigenvalue weighted by molar-refractivity contribution is -0.432. The molecule has 0 radical (unpaired) electrons. The molecule has 31 heavy (non-hydrogen) atoms. The maximum absolute atomic E-state index is 13.0. The first-order chi connectivity index (χ1) is 14.6. The summed E-state index contributed by atoms with van der Waals surface area (Å²) in [5.74, 6) is -0.547. The maximum atomic E-state index is 13.0. The predicted molar refractivity (Wildman–Crippen MR) is 116 cm³/mol. The van der Waals surface area contributed by atoms with E-state index in [1.165, 1.54) is 12.1 Å². The molecule has 1 aliphatic heterocycles. The molecule has 164 valence electrons.